The molecule has 0 aliphatic carbocycles. The van der Waals surface area contributed by atoms with Gasteiger partial charge in [0.15, 0.2) is 0 Å². The molecule has 0 heterocycles. The highest BCUT2D eigenvalue weighted by atomic mass is 28.3. The molecule has 8 aromatic rings. The highest BCUT2D eigenvalue weighted by molar-refractivity contribution is 6.87. The number of hydrogen-bond donors (Lipinski definition) is 0. The standard InChI is InChI=1S/C54H50Si2/c1-7-55(8-2,9-3)33-31-49-45-27-19-17-25-43(45)47(51-35-39-21-13-15-23-41(39)37-53(49)51)29-30-48-44-26-18-20-28-46(44)50(32-34-56(10-4,11-5)12-6)54-38-42-24-16-14-22-40(42)36-52(48)54/h13-28,35-38H,7-12H2,1-6H3. The topological polar surface area (TPSA) is 0 Å². The zero-order chi connectivity index (χ0) is 38.9. The van der Waals surface area contributed by atoms with E-state index in [0.29, 0.717) is 0 Å². The lowest BCUT2D eigenvalue weighted by Crippen LogP contribution is -2.29. The molecule has 0 atom stereocenters. The van der Waals surface area contributed by atoms with Gasteiger partial charge in [-0.3, -0.25) is 0 Å². The van der Waals surface area contributed by atoms with Gasteiger partial charge < -0.3 is 0 Å². The maximum absolute atomic E-state index is 3.94. The lowest BCUT2D eigenvalue weighted by Gasteiger charge is -2.20. The van der Waals surface area contributed by atoms with Crippen molar-refractivity contribution in [2.75, 3.05) is 0 Å². The molecule has 0 saturated carbocycles. The van der Waals surface area contributed by atoms with Crippen molar-refractivity contribution in [3.63, 3.8) is 0 Å². The molecule has 0 aliphatic rings. The Morgan fingerprint density at radius 3 is 0.786 bits per heavy atom. The Hall–Kier alpha value is -5.57. The van der Waals surface area contributed by atoms with Gasteiger partial charge in [-0.1, -0.05) is 162 Å². The van der Waals surface area contributed by atoms with Gasteiger partial charge in [0.1, 0.15) is 16.1 Å². The molecule has 8 rings (SSSR count). The van der Waals surface area contributed by atoms with E-state index in [9.17, 15) is 0 Å². The van der Waals surface area contributed by atoms with Crippen molar-refractivity contribution in [2.45, 2.75) is 77.8 Å². The highest BCUT2D eigenvalue weighted by Gasteiger charge is 2.26. The van der Waals surface area contributed by atoms with Gasteiger partial charge in [-0.2, -0.15) is 0 Å². The van der Waals surface area contributed by atoms with Crippen LogP contribution in [-0.4, -0.2) is 16.1 Å². The third-order valence-corrected chi connectivity index (χ3v) is 22.5. The Labute approximate surface area is 335 Å². The Morgan fingerprint density at radius 2 is 0.536 bits per heavy atom. The molecule has 0 N–H and O–H groups in total. The van der Waals surface area contributed by atoms with Crippen molar-refractivity contribution in [3.05, 3.63) is 144 Å². The summed E-state index contributed by atoms with van der Waals surface area (Å²) in [7, 11) is -3.40. The summed E-state index contributed by atoms with van der Waals surface area (Å²) in [4.78, 5) is 0. The average Bonchev–Trinajstić information content (AvgIpc) is 3.26. The van der Waals surface area contributed by atoms with Crippen LogP contribution in [0.5, 0.6) is 0 Å². The van der Waals surface area contributed by atoms with Crippen LogP contribution in [0.3, 0.4) is 0 Å². The molecular formula is C54H50Si2. The van der Waals surface area contributed by atoms with Crippen LogP contribution in [0.25, 0.3) is 64.6 Å². The largest absolute Gasteiger partial charge is 0.138 e. The fourth-order valence-electron chi connectivity index (χ4n) is 8.81. The minimum absolute atomic E-state index is 1.06. The smallest absolute Gasteiger partial charge is 0.126 e. The first-order valence-corrected chi connectivity index (χ1v) is 26.0. The van der Waals surface area contributed by atoms with E-state index >= 15 is 0 Å². The third kappa shape index (κ3) is 6.50. The van der Waals surface area contributed by atoms with Gasteiger partial charge in [0, 0.05) is 22.3 Å². The minimum atomic E-state index is -1.70. The molecule has 0 radical (unpaired) electrons. The molecule has 0 bridgehead atoms. The Bertz CT molecular complexity index is 2790. The third-order valence-electron chi connectivity index (χ3n) is 13.1. The molecule has 0 aromatic heterocycles. The monoisotopic (exact) mass is 754 g/mol. The molecule has 2 heteroatoms. The Kier molecular flexibility index (Phi) is 10.4. The van der Waals surface area contributed by atoms with Gasteiger partial charge >= 0.3 is 0 Å². The van der Waals surface area contributed by atoms with Gasteiger partial charge in [0.05, 0.1) is 0 Å². The van der Waals surface area contributed by atoms with Crippen LogP contribution in [0.15, 0.2) is 121 Å². The zero-order valence-corrected chi connectivity index (χ0v) is 35.8. The molecule has 0 fully saturated rings. The van der Waals surface area contributed by atoms with Gasteiger partial charge in [0.2, 0.25) is 0 Å². The van der Waals surface area contributed by atoms with Crippen LogP contribution in [0.2, 0.25) is 36.3 Å². The van der Waals surface area contributed by atoms with Crippen molar-refractivity contribution in [1.82, 2.24) is 0 Å². The van der Waals surface area contributed by atoms with E-state index in [1.807, 2.05) is 0 Å². The maximum Gasteiger partial charge on any atom is 0.138 e. The van der Waals surface area contributed by atoms with Crippen LogP contribution in [0.1, 0.15) is 63.8 Å². The Morgan fingerprint density at radius 1 is 0.304 bits per heavy atom. The highest BCUT2D eigenvalue weighted by Crippen LogP contribution is 2.38. The van der Waals surface area contributed by atoms with Gasteiger partial charge in [0.25, 0.3) is 0 Å². The first kappa shape index (κ1) is 37.4. The van der Waals surface area contributed by atoms with Gasteiger partial charge in [-0.15, -0.1) is 11.1 Å². The summed E-state index contributed by atoms with van der Waals surface area (Å²) in [6, 6.07) is 51.5. The van der Waals surface area contributed by atoms with Crippen molar-refractivity contribution in [1.29, 1.82) is 0 Å². The number of hydrogen-bond acceptors (Lipinski definition) is 0. The molecule has 0 amide bonds. The van der Waals surface area contributed by atoms with E-state index < -0.39 is 16.1 Å². The van der Waals surface area contributed by atoms with Crippen LogP contribution >= 0.6 is 0 Å². The van der Waals surface area contributed by atoms with Crippen LogP contribution in [0.4, 0.5) is 0 Å². The Balaban J connectivity index is 1.48. The van der Waals surface area contributed by atoms with Crippen LogP contribution in [-0.2, 0) is 0 Å². The van der Waals surface area contributed by atoms with E-state index in [-0.39, 0.29) is 0 Å². The molecule has 8 aromatic carbocycles. The van der Waals surface area contributed by atoms with Crippen LogP contribution in [0, 0.1) is 34.8 Å². The summed E-state index contributed by atoms with van der Waals surface area (Å²) in [6.45, 7) is 14.0. The summed E-state index contributed by atoms with van der Waals surface area (Å²) >= 11 is 0. The second-order valence-electron chi connectivity index (χ2n) is 15.5. The number of benzene rings is 8. The fourth-order valence-corrected chi connectivity index (χ4v) is 13.7. The summed E-state index contributed by atoms with van der Waals surface area (Å²) in [5.41, 5.74) is 12.3. The molecule has 56 heavy (non-hydrogen) atoms. The van der Waals surface area contributed by atoms with Crippen LogP contribution < -0.4 is 0 Å². The van der Waals surface area contributed by atoms with E-state index in [0.717, 1.165) is 43.8 Å². The molecule has 0 nitrogen and oxygen atoms in total. The fraction of sp³-hybridized carbons (Fsp3) is 0.222. The molecule has 0 saturated heterocycles. The predicted molar refractivity (Wildman–Crippen MR) is 252 cm³/mol. The summed E-state index contributed by atoms with van der Waals surface area (Å²) in [5, 5.41) is 14.3. The minimum Gasteiger partial charge on any atom is -0.126 e. The zero-order valence-electron chi connectivity index (χ0n) is 33.8. The van der Waals surface area contributed by atoms with Crippen molar-refractivity contribution in [2.24, 2.45) is 0 Å². The average molecular weight is 755 g/mol. The molecule has 274 valence electrons. The molecule has 0 spiro atoms. The van der Waals surface area contributed by atoms with Gasteiger partial charge in [-0.25, -0.2) is 0 Å². The van der Waals surface area contributed by atoms with E-state index in [1.54, 1.807) is 0 Å². The summed E-state index contributed by atoms with van der Waals surface area (Å²) < 4.78 is 0. The van der Waals surface area contributed by atoms with Crippen molar-refractivity contribution >= 4 is 80.8 Å². The molecule has 0 unspecified atom stereocenters. The van der Waals surface area contributed by atoms with E-state index in [2.05, 4.69) is 198 Å². The quantitative estimate of drug-likeness (QED) is 0.0901. The number of fused-ring (bicyclic) bond motifs is 6. The maximum atomic E-state index is 3.94. The summed E-state index contributed by atoms with van der Waals surface area (Å²) in [6.07, 6.45) is 0. The lowest BCUT2D eigenvalue weighted by molar-refractivity contribution is 1.20. The lowest BCUT2D eigenvalue weighted by atomic mass is 9.89. The second-order valence-corrected chi connectivity index (χ2v) is 25.4. The first-order valence-electron chi connectivity index (χ1n) is 20.7. The predicted octanol–water partition coefficient (Wildman–Crippen LogP) is 14.8. The second kappa shape index (κ2) is 15.5. The van der Waals surface area contributed by atoms with Gasteiger partial charge in [-0.05, 0) is 125 Å². The number of rotatable bonds is 6. The summed E-state index contributed by atoms with van der Waals surface area (Å²) in [5.74, 6) is 15.4. The SMILES string of the molecule is CC[Si](C#Cc1c2ccccc2c(C#Cc2c3ccccc3c(C#C[Si](CC)(CC)CC)c3cc4ccccc4cc23)c2cc3ccccc3cc12)(CC)CC. The molecule has 0 aliphatic heterocycles. The van der Waals surface area contributed by atoms with E-state index in [1.165, 1.54) is 79.4 Å². The van der Waals surface area contributed by atoms with E-state index in [4.69, 9.17) is 0 Å². The van der Waals surface area contributed by atoms with Crippen molar-refractivity contribution in [3.8, 4) is 34.8 Å². The van der Waals surface area contributed by atoms with Crippen molar-refractivity contribution < 1.29 is 0 Å². The molecular weight excluding hydrogens is 705 g/mol. The first-order chi connectivity index (χ1) is 27.4. The normalized spacial score (nSPS) is 11.8.